The zero-order valence-electron chi connectivity index (χ0n) is 15.7. The first-order chi connectivity index (χ1) is 13.0. The first kappa shape index (κ1) is 19.4. The highest BCUT2D eigenvalue weighted by Gasteiger charge is 2.35. The lowest BCUT2D eigenvalue weighted by molar-refractivity contribution is -0.126. The van der Waals surface area contributed by atoms with Crippen LogP contribution >= 0.6 is 11.6 Å². The number of hydrogen-bond donors (Lipinski definition) is 1. The summed E-state index contributed by atoms with van der Waals surface area (Å²) in [6.07, 6.45) is 1.54. The fourth-order valence-electron chi connectivity index (χ4n) is 3.71. The predicted molar refractivity (Wildman–Crippen MR) is 108 cm³/mol. The molecule has 0 aliphatic carbocycles. The van der Waals surface area contributed by atoms with Crippen molar-refractivity contribution < 1.29 is 9.59 Å². The highest BCUT2D eigenvalue weighted by atomic mass is 35.5. The van der Waals surface area contributed by atoms with Crippen LogP contribution in [-0.4, -0.2) is 29.8 Å². The van der Waals surface area contributed by atoms with Crippen LogP contribution in [0.2, 0.25) is 5.02 Å². The van der Waals surface area contributed by atoms with Crippen LogP contribution in [0, 0.1) is 12.8 Å². The molecule has 1 fully saturated rings. The van der Waals surface area contributed by atoms with Crippen molar-refractivity contribution in [1.82, 2.24) is 10.2 Å². The Bertz CT molecular complexity index is 819. The summed E-state index contributed by atoms with van der Waals surface area (Å²) in [6, 6.07) is 15.2. The molecule has 2 aromatic rings. The van der Waals surface area contributed by atoms with Crippen LogP contribution in [0.15, 0.2) is 48.5 Å². The van der Waals surface area contributed by atoms with Gasteiger partial charge in [-0.05, 0) is 56.5 Å². The molecule has 1 aliphatic rings. The van der Waals surface area contributed by atoms with Gasteiger partial charge in [0, 0.05) is 23.7 Å². The number of halogens is 1. The van der Waals surface area contributed by atoms with Crippen LogP contribution < -0.4 is 5.32 Å². The number of amides is 2. The van der Waals surface area contributed by atoms with Crippen LogP contribution in [-0.2, 0) is 4.79 Å². The van der Waals surface area contributed by atoms with E-state index in [4.69, 9.17) is 11.6 Å². The molecule has 1 heterocycles. The van der Waals surface area contributed by atoms with Gasteiger partial charge in [0.1, 0.15) is 0 Å². The Morgan fingerprint density at radius 2 is 1.89 bits per heavy atom. The van der Waals surface area contributed by atoms with E-state index in [2.05, 4.69) is 30.4 Å². The first-order valence-electron chi connectivity index (χ1n) is 9.40. The maximum absolute atomic E-state index is 13.3. The van der Waals surface area contributed by atoms with E-state index < -0.39 is 0 Å². The molecule has 0 bridgehead atoms. The minimum atomic E-state index is -0.178. The zero-order chi connectivity index (χ0) is 19.4. The van der Waals surface area contributed by atoms with Crippen molar-refractivity contribution >= 4 is 23.4 Å². The molecule has 1 N–H and O–H groups in total. The normalized spacial score (nSPS) is 19.6. The van der Waals surface area contributed by atoms with Gasteiger partial charge in [0.2, 0.25) is 5.91 Å². The maximum Gasteiger partial charge on any atom is 0.254 e. The van der Waals surface area contributed by atoms with Gasteiger partial charge in [0.05, 0.1) is 12.0 Å². The number of piperidine rings is 1. The molecular weight excluding hydrogens is 360 g/mol. The number of nitrogens with zero attached hydrogens (tertiary/aromatic N) is 1. The van der Waals surface area contributed by atoms with Crippen LogP contribution in [0.3, 0.4) is 0 Å². The highest BCUT2D eigenvalue weighted by Crippen LogP contribution is 2.35. The second-order valence-corrected chi connectivity index (χ2v) is 7.50. The third-order valence-electron chi connectivity index (χ3n) is 5.08. The molecule has 2 amide bonds. The Labute approximate surface area is 165 Å². The molecule has 27 heavy (non-hydrogen) atoms. The Hall–Kier alpha value is -2.33. The largest absolute Gasteiger partial charge is 0.356 e. The summed E-state index contributed by atoms with van der Waals surface area (Å²) in [5.74, 6) is -0.219. The van der Waals surface area contributed by atoms with Crippen molar-refractivity contribution in [1.29, 1.82) is 0 Å². The van der Waals surface area contributed by atoms with Crippen LogP contribution in [0.25, 0.3) is 0 Å². The monoisotopic (exact) mass is 384 g/mol. The molecule has 2 unspecified atom stereocenters. The van der Waals surface area contributed by atoms with E-state index in [1.807, 2.05) is 17.9 Å². The van der Waals surface area contributed by atoms with Crippen LogP contribution in [0.1, 0.15) is 47.3 Å². The molecule has 0 saturated carbocycles. The summed E-state index contributed by atoms with van der Waals surface area (Å²) in [6.45, 7) is 4.98. The Morgan fingerprint density at radius 3 is 2.56 bits per heavy atom. The van der Waals surface area contributed by atoms with E-state index >= 15 is 0 Å². The number of likely N-dealkylation sites (tertiary alicyclic amines) is 1. The predicted octanol–water partition coefficient (Wildman–Crippen LogP) is 4.38. The minimum absolute atomic E-state index is 0.0223. The molecule has 2 aromatic carbocycles. The first-order valence-corrected chi connectivity index (χ1v) is 9.78. The van der Waals surface area contributed by atoms with E-state index in [1.165, 1.54) is 0 Å². The number of benzene rings is 2. The summed E-state index contributed by atoms with van der Waals surface area (Å²) in [5.41, 5.74) is 2.87. The average molecular weight is 385 g/mol. The third-order valence-corrected chi connectivity index (χ3v) is 5.33. The van der Waals surface area contributed by atoms with Crippen molar-refractivity contribution in [2.45, 2.75) is 32.7 Å². The minimum Gasteiger partial charge on any atom is -0.356 e. The summed E-state index contributed by atoms with van der Waals surface area (Å²) >= 11 is 5.97. The van der Waals surface area contributed by atoms with Crippen molar-refractivity contribution in [2.75, 3.05) is 13.1 Å². The van der Waals surface area contributed by atoms with Gasteiger partial charge in [-0.3, -0.25) is 9.59 Å². The molecule has 5 heteroatoms. The van der Waals surface area contributed by atoms with Crippen molar-refractivity contribution in [3.05, 3.63) is 70.2 Å². The number of carbonyl (C=O) groups is 2. The fourth-order valence-corrected chi connectivity index (χ4v) is 3.84. The average Bonchev–Trinajstić information content (AvgIpc) is 2.68. The number of hydrogen-bond acceptors (Lipinski definition) is 2. The molecule has 0 spiro atoms. The maximum atomic E-state index is 13.3. The topological polar surface area (TPSA) is 49.4 Å². The van der Waals surface area contributed by atoms with E-state index in [9.17, 15) is 9.59 Å². The van der Waals surface area contributed by atoms with Gasteiger partial charge in [0.15, 0.2) is 0 Å². The van der Waals surface area contributed by atoms with Gasteiger partial charge < -0.3 is 10.2 Å². The lowest BCUT2D eigenvalue weighted by atomic mass is 9.87. The van der Waals surface area contributed by atoms with Gasteiger partial charge in [-0.1, -0.05) is 41.4 Å². The zero-order valence-corrected chi connectivity index (χ0v) is 16.5. The number of aryl methyl sites for hydroxylation is 1. The third kappa shape index (κ3) is 4.51. The SMILES string of the molecule is CCNC(=O)C1CCC(c2cccc(C)c2)N(C(=O)c2ccc(Cl)cc2)C1. The smallest absolute Gasteiger partial charge is 0.254 e. The summed E-state index contributed by atoms with van der Waals surface area (Å²) in [4.78, 5) is 27.5. The Kier molecular flexibility index (Phi) is 6.17. The van der Waals surface area contributed by atoms with E-state index in [0.717, 1.165) is 24.0 Å². The second kappa shape index (κ2) is 8.57. The lowest BCUT2D eigenvalue weighted by Crippen LogP contribution is -2.47. The fraction of sp³-hybridized carbons (Fsp3) is 0.364. The summed E-state index contributed by atoms with van der Waals surface area (Å²) in [7, 11) is 0. The molecule has 2 atom stereocenters. The van der Waals surface area contributed by atoms with E-state index in [0.29, 0.717) is 23.7 Å². The van der Waals surface area contributed by atoms with Crippen molar-refractivity contribution in [2.24, 2.45) is 5.92 Å². The highest BCUT2D eigenvalue weighted by molar-refractivity contribution is 6.30. The van der Waals surface area contributed by atoms with E-state index in [-0.39, 0.29) is 23.8 Å². The Morgan fingerprint density at radius 1 is 1.15 bits per heavy atom. The molecule has 142 valence electrons. The number of carbonyl (C=O) groups excluding carboxylic acids is 2. The number of rotatable bonds is 4. The standard InChI is InChI=1S/C22H25ClN2O2/c1-3-24-21(26)18-9-12-20(17-6-4-5-15(2)13-17)25(14-18)22(27)16-7-10-19(23)11-8-16/h4-8,10-11,13,18,20H,3,9,12,14H2,1-2H3,(H,24,26). The molecular formula is C22H25ClN2O2. The lowest BCUT2D eigenvalue weighted by Gasteiger charge is -2.39. The van der Waals surface area contributed by atoms with Gasteiger partial charge in [-0.2, -0.15) is 0 Å². The quantitative estimate of drug-likeness (QED) is 0.850. The molecule has 1 aliphatic heterocycles. The molecule has 4 nitrogen and oxygen atoms in total. The van der Waals surface area contributed by atoms with Crippen molar-refractivity contribution in [3.63, 3.8) is 0 Å². The number of nitrogens with one attached hydrogen (secondary N) is 1. The van der Waals surface area contributed by atoms with Gasteiger partial charge in [-0.15, -0.1) is 0 Å². The van der Waals surface area contributed by atoms with Gasteiger partial charge in [0.25, 0.3) is 5.91 Å². The molecule has 0 aromatic heterocycles. The van der Waals surface area contributed by atoms with Crippen molar-refractivity contribution in [3.8, 4) is 0 Å². The summed E-state index contributed by atoms with van der Waals surface area (Å²) in [5, 5.41) is 3.49. The Balaban J connectivity index is 1.91. The van der Waals surface area contributed by atoms with Gasteiger partial charge >= 0.3 is 0 Å². The van der Waals surface area contributed by atoms with Gasteiger partial charge in [-0.25, -0.2) is 0 Å². The summed E-state index contributed by atoms with van der Waals surface area (Å²) < 4.78 is 0. The second-order valence-electron chi connectivity index (χ2n) is 7.06. The molecule has 3 rings (SSSR count). The molecule has 1 saturated heterocycles. The van der Waals surface area contributed by atoms with Crippen LogP contribution in [0.5, 0.6) is 0 Å². The van der Waals surface area contributed by atoms with E-state index in [1.54, 1.807) is 24.3 Å². The molecule has 0 radical (unpaired) electrons. The van der Waals surface area contributed by atoms with Crippen LogP contribution in [0.4, 0.5) is 0 Å².